The number of imidazole rings is 1. The number of halogens is 1. The van der Waals surface area contributed by atoms with Crippen LogP contribution in [0.4, 0.5) is 4.39 Å². The van der Waals surface area contributed by atoms with Crippen LogP contribution in [0, 0.1) is 5.82 Å². The number of carbonyl (C=O) groups excluding carboxylic acids is 1. The summed E-state index contributed by atoms with van der Waals surface area (Å²) in [5.41, 5.74) is 3.39. The molecule has 6 nitrogen and oxygen atoms in total. The number of hydrogen-bond donors (Lipinski definition) is 1. The minimum absolute atomic E-state index is 0.0505. The summed E-state index contributed by atoms with van der Waals surface area (Å²) < 4.78 is 19.4. The summed E-state index contributed by atoms with van der Waals surface area (Å²) in [6, 6.07) is 9.79. The first kappa shape index (κ1) is 16.7. The van der Waals surface area contributed by atoms with E-state index in [2.05, 4.69) is 15.0 Å². The van der Waals surface area contributed by atoms with Gasteiger partial charge in [0.05, 0.1) is 17.1 Å². The molecule has 29 heavy (non-hydrogen) atoms. The molecule has 2 fully saturated rings. The van der Waals surface area contributed by atoms with Crippen molar-refractivity contribution in [2.24, 2.45) is 0 Å². The van der Waals surface area contributed by atoms with Gasteiger partial charge in [-0.15, -0.1) is 0 Å². The molecule has 1 aliphatic carbocycles. The average Bonchev–Trinajstić information content (AvgIpc) is 3.15. The molecule has 4 aromatic rings. The van der Waals surface area contributed by atoms with Crippen molar-refractivity contribution in [3.8, 4) is 0 Å². The number of aromatic nitrogens is 3. The highest BCUT2D eigenvalue weighted by molar-refractivity contribution is 5.97. The second-order valence-corrected chi connectivity index (χ2v) is 7.95. The van der Waals surface area contributed by atoms with E-state index < -0.39 is 0 Å². The van der Waals surface area contributed by atoms with Crippen molar-refractivity contribution in [2.45, 2.75) is 37.6 Å². The largest absolute Gasteiger partial charge is 0.440 e. The smallest absolute Gasteiger partial charge is 0.254 e. The SMILES string of the molecule is O=C(c1ccc2nc(C3CC3)oc2c1)N1CCC[C@H]1c1nc2ccc(F)cc2[nH]1. The van der Waals surface area contributed by atoms with Crippen LogP contribution in [0.5, 0.6) is 0 Å². The Morgan fingerprint density at radius 1 is 1.10 bits per heavy atom. The molecule has 1 amide bonds. The van der Waals surface area contributed by atoms with Gasteiger partial charge in [-0.1, -0.05) is 0 Å². The molecule has 1 atom stereocenters. The van der Waals surface area contributed by atoms with Gasteiger partial charge >= 0.3 is 0 Å². The molecule has 7 heteroatoms. The van der Waals surface area contributed by atoms with Crippen LogP contribution in [0.1, 0.15) is 59.7 Å². The third-order valence-electron chi connectivity index (χ3n) is 5.87. The van der Waals surface area contributed by atoms with Crippen LogP contribution >= 0.6 is 0 Å². The van der Waals surface area contributed by atoms with E-state index >= 15 is 0 Å². The second-order valence-electron chi connectivity index (χ2n) is 7.95. The highest BCUT2D eigenvalue weighted by Gasteiger charge is 2.33. The molecule has 1 saturated heterocycles. The van der Waals surface area contributed by atoms with E-state index in [9.17, 15) is 9.18 Å². The third-order valence-corrected chi connectivity index (χ3v) is 5.87. The van der Waals surface area contributed by atoms with Crippen molar-refractivity contribution in [3.05, 3.63) is 59.5 Å². The Bertz CT molecular complexity index is 1260. The number of rotatable bonds is 3. The number of H-pyrrole nitrogens is 1. The summed E-state index contributed by atoms with van der Waals surface area (Å²) in [4.78, 5) is 27.4. The van der Waals surface area contributed by atoms with Crippen LogP contribution < -0.4 is 0 Å². The van der Waals surface area contributed by atoms with Crippen LogP contribution in [0.25, 0.3) is 22.1 Å². The quantitative estimate of drug-likeness (QED) is 0.550. The van der Waals surface area contributed by atoms with Crippen LogP contribution in [0.3, 0.4) is 0 Å². The van der Waals surface area contributed by atoms with Crippen molar-refractivity contribution in [1.82, 2.24) is 19.9 Å². The van der Waals surface area contributed by atoms with Crippen molar-refractivity contribution in [1.29, 1.82) is 0 Å². The number of oxazole rings is 1. The van der Waals surface area contributed by atoms with E-state index in [4.69, 9.17) is 4.42 Å². The monoisotopic (exact) mass is 390 g/mol. The Hall–Kier alpha value is -3.22. The number of nitrogens with one attached hydrogen (secondary N) is 1. The van der Waals surface area contributed by atoms with E-state index in [0.29, 0.717) is 40.5 Å². The lowest BCUT2D eigenvalue weighted by atomic mass is 10.1. The first-order chi connectivity index (χ1) is 14.2. The Labute approximate surface area is 165 Å². The van der Waals surface area contributed by atoms with E-state index in [1.807, 2.05) is 17.0 Å². The van der Waals surface area contributed by atoms with Crippen LogP contribution in [0.15, 0.2) is 40.8 Å². The fraction of sp³-hybridized carbons (Fsp3) is 0.318. The summed E-state index contributed by atoms with van der Waals surface area (Å²) in [6.45, 7) is 0.663. The minimum Gasteiger partial charge on any atom is -0.440 e. The molecule has 1 saturated carbocycles. The minimum atomic E-state index is -0.307. The molecule has 1 aliphatic heterocycles. The summed E-state index contributed by atoms with van der Waals surface area (Å²) in [7, 11) is 0. The summed E-state index contributed by atoms with van der Waals surface area (Å²) in [6.07, 6.45) is 3.97. The number of likely N-dealkylation sites (tertiary alicyclic amines) is 1. The molecular weight excluding hydrogens is 371 g/mol. The third kappa shape index (κ3) is 2.80. The number of nitrogens with zero attached hydrogens (tertiary/aromatic N) is 3. The molecule has 2 aromatic carbocycles. The molecule has 2 aromatic heterocycles. The number of carbonyl (C=O) groups is 1. The maximum atomic E-state index is 13.5. The average molecular weight is 390 g/mol. The predicted molar refractivity (Wildman–Crippen MR) is 105 cm³/mol. The van der Waals surface area contributed by atoms with E-state index in [1.54, 1.807) is 12.1 Å². The maximum absolute atomic E-state index is 13.5. The molecule has 0 spiro atoms. The van der Waals surface area contributed by atoms with Gasteiger partial charge in [0.15, 0.2) is 11.5 Å². The Morgan fingerprint density at radius 3 is 2.83 bits per heavy atom. The fourth-order valence-electron chi connectivity index (χ4n) is 4.20. The Balaban J connectivity index is 1.32. The molecule has 6 rings (SSSR count). The fourth-order valence-corrected chi connectivity index (χ4v) is 4.20. The van der Waals surface area contributed by atoms with E-state index in [-0.39, 0.29) is 17.8 Å². The number of benzene rings is 2. The first-order valence-corrected chi connectivity index (χ1v) is 10.0. The molecule has 146 valence electrons. The zero-order valence-corrected chi connectivity index (χ0v) is 15.7. The van der Waals surface area contributed by atoms with E-state index in [0.717, 1.165) is 37.1 Å². The van der Waals surface area contributed by atoms with Crippen molar-refractivity contribution in [3.63, 3.8) is 0 Å². The lowest BCUT2D eigenvalue weighted by molar-refractivity contribution is 0.0730. The van der Waals surface area contributed by atoms with Gasteiger partial charge < -0.3 is 14.3 Å². The zero-order valence-electron chi connectivity index (χ0n) is 15.7. The standard InChI is InChI=1S/C22H19FN4O2/c23-14-6-8-15-17(11-14)25-20(24-15)18-2-1-9-27(18)22(28)13-5-7-16-19(10-13)29-21(26-16)12-3-4-12/h5-8,10-12,18H,1-4,9H2,(H,24,25)/t18-/m0/s1. The van der Waals surface area contributed by atoms with Gasteiger partial charge in [0.25, 0.3) is 5.91 Å². The molecule has 0 unspecified atom stereocenters. The summed E-state index contributed by atoms with van der Waals surface area (Å²) in [5.74, 6) is 1.55. The topological polar surface area (TPSA) is 75.0 Å². The van der Waals surface area contributed by atoms with Gasteiger partial charge in [-0.25, -0.2) is 14.4 Å². The van der Waals surface area contributed by atoms with Crippen LogP contribution in [0.2, 0.25) is 0 Å². The van der Waals surface area contributed by atoms with Crippen molar-refractivity contribution < 1.29 is 13.6 Å². The Morgan fingerprint density at radius 2 is 1.97 bits per heavy atom. The summed E-state index contributed by atoms with van der Waals surface area (Å²) in [5, 5.41) is 0. The second kappa shape index (κ2) is 6.14. The van der Waals surface area contributed by atoms with Crippen molar-refractivity contribution >= 4 is 28.0 Å². The summed E-state index contributed by atoms with van der Waals surface area (Å²) >= 11 is 0. The molecule has 3 heterocycles. The molecular formula is C22H19FN4O2. The highest BCUT2D eigenvalue weighted by atomic mass is 19.1. The maximum Gasteiger partial charge on any atom is 0.254 e. The van der Waals surface area contributed by atoms with Gasteiger partial charge in [0.1, 0.15) is 17.2 Å². The van der Waals surface area contributed by atoms with Crippen molar-refractivity contribution in [2.75, 3.05) is 6.54 Å². The van der Waals surface area contributed by atoms with Gasteiger partial charge in [0.2, 0.25) is 0 Å². The number of fused-ring (bicyclic) bond motifs is 2. The van der Waals surface area contributed by atoms with Crippen LogP contribution in [-0.4, -0.2) is 32.3 Å². The van der Waals surface area contributed by atoms with Crippen LogP contribution in [-0.2, 0) is 0 Å². The van der Waals surface area contributed by atoms with Gasteiger partial charge in [-0.2, -0.15) is 0 Å². The van der Waals surface area contributed by atoms with E-state index in [1.165, 1.54) is 12.1 Å². The van der Waals surface area contributed by atoms with Gasteiger partial charge in [-0.05, 0) is 62.1 Å². The number of aromatic amines is 1. The van der Waals surface area contributed by atoms with Gasteiger partial charge in [0, 0.05) is 18.0 Å². The molecule has 0 radical (unpaired) electrons. The lowest BCUT2D eigenvalue weighted by Crippen LogP contribution is -2.31. The van der Waals surface area contributed by atoms with Gasteiger partial charge in [-0.3, -0.25) is 4.79 Å². The normalized spacial score (nSPS) is 19.5. The highest BCUT2D eigenvalue weighted by Crippen LogP contribution is 2.40. The Kier molecular flexibility index (Phi) is 3.54. The number of amides is 1. The molecule has 2 aliphatic rings. The first-order valence-electron chi connectivity index (χ1n) is 10.0. The molecule has 1 N–H and O–H groups in total. The lowest BCUT2D eigenvalue weighted by Gasteiger charge is -2.23. The predicted octanol–water partition coefficient (Wildman–Crippen LogP) is 4.70. The molecule has 0 bridgehead atoms. The zero-order chi connectivity index (χ0) is 19.5. The number of hydrogen-bond acceptors (Lipinski definition) is 4.